The summed E-state index contributed by atoms with van der Waals surface area (Å²) >= 11 is 0. The van der Waals surface area contributed by atoms with Gasteiger partial charge >= 0.3 is 0 Å². The van der Waals surface area contributed by atoms with E-state index in [2.05, 4.69) is 52.0 Å². The zero-order valence-electron chi connectivity index (χ0n) is 31.7. The summed E-state index contributed by atoms with van der Waals surface area (Å²) in [4.78, 5) is 12.5. The lowest BCUT2D eigenvalue weighted by molar-refractivity contribution is -0.129. The number of hydrogen-bond donors (Lipinski definition) is 1. The smallest absolute Gasteiger partial charge is 0.188 e. The van der Waals surface area contributed by atoms with Crippen LogP contribution in [0.5, 0.6) is 11.5 Å². The minimum Gasteiger partial charge on any atom is -0.467 e. The van der Waals surface area contributed by atoms with E-state index in [1.165, 1.54) is 54.4 Å². The summed E-state index contributed by atoms with van der Waals surface area (Å²) in [6.45, 7) is 9.61. The van der Waals surface area contributed by atoms with Gasteiger partial charge in [0.1, 0.15) is 17.3 Å². The highest BCUT2D eigenvalue weighted by molar-refractivity contribution is 5.87. The fourth-order valence-corrected chi connectivity index (χ4v) is 12.1. The Morgan fingerprint density at radius 1 is 0.680 bits per heavy atom. The highest BCUT2D eigenvalue weighted by Gasteiger charge is 2.55. The van der Waals surface area contributed by atoms with Crippen LogP contribution in [0.4, 0.5) is 0 Å². The largest absolute Gasteiger partial charge is 0.467 e. The van der Waals surface area contributed by atoms with E-state index >= 15 is 0 Å². The Morgan fingerprint density at radius 2 is 1.22 bits per heavy atom. The number of hydrogen-bond acceptors (Lipinski definition) is 6. The molecule has 1 N–H and O–H groups in total. The molecule has 0 radical (unpaired) electrons. The van der Waals surface area contributed by atoms with Crippen LogP contribution in [0.2, 0.25) is 0 Å². The molecular weight excluding hydrogens is 624 g/mol. The number of ether oxygens (including phenoxy) is 4. The third kappa shape index (κ3) is 6.13. The van der Waals surface area contributed by atoms with Crippen LogP contribution in [0.3, 0.4) is 0 Å². The molecule has 0 heterocycles. The summed E-state index contributed by atoms with van der Waals surface area (Å²) < 4.78 is 21.8. The van der Waals surface area contributed by atoms with E-state index in [9.17, 15) is 9.90 Å². The molecular formula is C44H62O6. The minimum atomic E-state index is -0.0872. The molecule has 0 aliphatic heterocycles. The molecule has 2 aromatic carbocycles. The van der Waals surface area contributed by atoms with Crippen LogP contribution in [-0.2, 0) is 40.0 Å². The molecule has 6 heteroatoms. The molecule has 4 saturated carbocycles. The number of carbonyl (C=O) groups excluding carboxylic acids is 1. The molecule has 6 unspecified atom stereocenters. The van der Waals surface area contributed by atoms with E-state index in [0.717, 1.165) is 75.2 Å². The maximum atomic E-state index is 12.5. The molecule has 274 valence electrons. The van der Waals surface area contributed by atoms with E-state index in [0.29, 0.717) is 49.0 Å². The first kappa shape index (κ1) is 36.0. The fraction of sp³-hybridized carbons (Fsp3) is 0.705. The lowest BCUT2D eigenvalue weighted by atomic mass is 9.55. The maximum Gasteiger partial charge on any atom is 0.188 e. The number of carbonyl (C=O) groups is 1. The molecule has 9 atom stereocenters. The number of Topliss-reactive ketones (excluding diaryl/α,β-unsaturated/α-hetero) is 1. The number of aliphatic hydroxyl groups excluding tert-OH is 1. The highest BCUT2D eigenvalue weighted by Crippen LogP contribution is 2.62. The second-order valence-electron chi connectivity index (χ2n) is 17.0. The predicted octanol–water partition coefficient (Wildman–Crippen LogP) is 9.11. The summed E-state index contributed by atoms with van der Waals surface area (Å²) in [6, 6.07) is 9.36. The van der Waals surface area contributed by atoms with Gasteiger partial charge in [-0.2, -0.15) is 0 Å². The number of methoxy groups -OCH3 is 2. The van der Waals surface area contributed by atoms with E-state index in [-0.39, 0.29) is 16.9 Å². The van der Waals surface area contributed by atoms with Crippen molar-refractivity contribution in [2.24, 2.45) is 34.5 Å². The predicted molar refractivity (Wildman–Crippen MR) is 197 cm³/mol. The lowest BCUT2D eigenvalue weighted by Crippen LogP contribution is -2.43. The van der Waals surface area contributed by atoms with Gasteiger partial charge in [0.15, 0.2) is 13.6 Å². The van der Waals surface area contributed by atoms with Crippen molar-refractivity contribution < 1.29 is 28.8 Å². The molecule has 4 fully saturated rings. The van der Waals surface area contributed by atoms with Gasteiger partial charge < -0.3 is 24.1 Å². The first-order chi connectivity index (χ1) is 24.2. The molecule has 0 amide bonds. The molecule has 6 nitrogen and oxygen atoms in total. The topological polar surface area (TPSA) is 74.2 Å². The third-order valence-electron chi connectivity index (χ3n) is 14.9. The standard InChI is InChI=1S/C22H32O3.C22H30O3/c2*1-4-14-11-18-15(12-20(14)25-13-24-3)5-6-17-16(18)9-10-22(2)19(17)7-8-21(22)23/h11-12,16-17,19,21,23H,4-10,13H2,1-3H3;11-12,16-17,19H,4-10,13H2,1-3H3/t16?,17?,19?,21-,22-;16?,17?,19?,22-/m00/s1. The van der Waals surface area contributed by atoms with Crippen molar-refractivity contribution in [1.29, 1.82) is 0 Å². The van der Waals surface area contributed by atoms with Crippen molar-refractivity contribution in [1.82, 2.24) is 0 Å². The van der Waals surface area contributed by atoms with Gasteiger partial charge in [-0.05, 0) is 170 Å². The quantitative estimate of drug-likeness (QED) is 0.279. The summed E-state index contributed by atoms with van der Waals surface area (Å²) in [5.41, 5.74) is 8.76. The van der Waals surface area contributed by atoms with Gasteiger partial charge in [0.25, 0.3) is 0 Å². The summed E-state index contributed by atoms with van der Waals surface area (Å²) in [5, 5.41) is 10.5. The normalized spacial score (nSPS) is 35.0. The van der Waals surface area contributed by atoms with Crippen LogP contribution in [-0.4, -0.2) is 44.8 Å². The van der Waals surface area contributed by atoms with Crippen LogP contribution < -0.4 is 9.47 Å². The van der Waals surface area contributed by atoms with Gasteiger partial charge in [-0.1, -0.05) is 39.8 Å². The Hall–Kier alpha value is -2.41. The number of fused-ring (bicyclic) bond motifs is 10. The second-order valence-corrected chi connectivity index (χ2v) is 17.0. The zero-order chi connectivity index (χ0) is 35.2. The Kier molecular flexibility index (Phi) is 10.5. The van der Waals surface area contributed by atoms with Crippen molar-refractivity contribution >= 4 is 5.78 Å². The Labute approximate surface area is 301 Å². The molecule has 6 aliphatic carbocycles. The van der Waals surface area contributed by atoms with Crippen molar-refractivity contribution in [3.05, 3.63) is 57.6 Å². The first-order valence-corrected chi connectivity index (χ1v) is 19.9. The molecule has 6 aliphatic rings. The van der Waals surface area contributed by atoms with Gasteiger partial charge in [0.2, 0.25) is 0 Å². The average Bonchev–Trinajstić information content (AvgIpc) is 3.62. The van der Waals surface area contributed by atoms with Gasteiger partial charge in [0.05, 0.1) is 6.10 Å². The van der Waals surface area contributed by atoms with Crippen LogP contribution in [0.15, 0.2) is 24.3 Å². The summed E-state index contributed by atoms with van der Waals surface area (Å²) in [7, 11) is 3.33. The van der Waals surface area contributed by atoms with Crippen molar-refractivity contribution in [3.8, 4) is 11.5 Å². The molecule has 50 heavy (non-hydrogen) atoms. The summed E-state index contributed by atoms with van der Waals surface area (Å²) in [6.07, 6.45) is 15.4. The lowest BCUT2D eigenvalue weighted by Gasteiger charge is -2.50. The van der Waals surface area contributed by atoms with Crippen molar-refractivity contribution in [3.63, 3.8) is 0 Å². The molecule has 0 bridgehead atoms. The van der Waals surface area contributed by atoms with Gasteiger partial charge in [-0.3, -0.25) is 4.79 Å². The SMILES string of the molecule is CCc1cc2c(cc1OCOC)CCC1C2CC[C@@]2(C)C1CC[C@@H]2O.CCc1cc2c(cc1OCOC)CCC1C2CC[C@]2(C)C(=O)CCC12. The number of benzene rings is 2. The van der Waals surface area contributed by atoms with E-state index in [1.54, 1.807) is 25.3 Å². The number of ketones is 1. The molecule has 2 aromatic rings. The molecule has 0 spiro atoms. The Morgan fingerprint density at radius 3 is 1.76 bits per heavy atom. The maximum absolute atomic E-state index is 12.5. The van der Waals surface area contributed by atoms with Crippen LogP contribution >= 0.6 is 0 Å². The average molecular weight is 687 g/mol. The van der Waals surface area contributed by atoms with E-state index in [1.807, 2.05) is 0 Å². The van der Waals surface area contributed by atoms with Crippen molar-refractivity contribution in [2.75, 3.05) is 27.8 Å². The van der Waals surface area contributed by atoms with E-state index < -0.39 is 0 Å². The Balaban J connectivity index is 0.000000157. The Bertz CT molecular complexity index is 1550. The van der Waals surface area contributed by atoms with E-state index in [4.69, 9.17) is 18.9 Å². The number of aliphatic hydroxyl groups is 1. The van der Waals surface area contributed by atoms with Crippen LogP contribution in [0.1, 0.15) is 137 Å². The van der Waals surface area contributed by atoms with Gasteiger partial charge in [-0.25, -0.2) is 0 Å². The zero-order valence-corrected chi connectivity index (χ0v) is 31.7. The summed E-state index contributed by atoms with van der Waals surface area (Å²) in [5.74, 6) is 6.55. The number of aryl methyl sites for hydroxylation is 4. The third-order valence-corrected chi connectivity index (χ3v) is 14.9. The molecule has 0 saturated heterocycles. The fourth-order valence-electron chi connectivity index (χ4n) is 12.1. The monoisotopic (exact) mass is 686 g/mol. The first-order valence-electron chi connectivity index (χ1n) is 19.9. The molecule has 8 rings (SSSR count). The molecule has 0 aromatic heterocycles. The van der Waals surface area contributed by atoms with Gasteiger partial charge in [0, 0.05) is 26.1 Å². The second kappa shape index (κ2) is 14.5. The van der Waals surface area contributed by atoms with Crippen LogP contribution in [0, 0.1) is 34.5 Å². The minimum absolute atomic E-state index is 0.0340. The van der Waals surface area contributed by atoms with Crippen molar-refractivity contribution in [2.45, 2.75) is 136 Å². The van der Waals surface area contributed by atoms with Crippen LogP contribution in [0.25, 0.3) is 0 Å². The number of rotatable bonds is 8. The highest BCUT2D eigenvalue weighted by atomic mass is 16.7. The van der Waals surface area contributed by atoms with Gasteiger partial charge in [-0.15, -0.1) is 0 Å².